The highest BCUT2D eigenvalue weighted by atomic mass is 35.5. The summed E-state index contributed by atoms with van der Waals surface area (Å²) in [4.78, 5) is 17.6. The van der Waals surface area contributed by atoms with Gasteiger partial charge in [-0.25, -0.2) is 4.98 Å². The predicted octanol–water partition coefficient (Wildman–Crippen LogP) is 3.36. The van der Waals surface area contributed by atoms with Gasteiger partial charge >= 0.3 is 0 Å². The van der Waals surface area contributed by atoms with Gasteiger partial charge in [0.2, 0.25) is 0 Å². The highest BCUT2D eigenvalue weighted by Crippen LogP contribution is 2.25. The number of nitrogens with one attached hydrogen (secondary N) is 1. The summed E-state index contributed by atoms with van der Waals surface area (Å²) in [5, 5.41) is 18.6. The average molecular weight is 486 g/mol. The van der Waals surface area contributed by atoms with E-state index in [0.29, 0.717) is 52.2 Å². The zero-order chi connectivity index (χ0) is 22.9. The second-order valence-electron chi connectivity index (χ2n) is 7.94. The number of pyridine rings is 2. The van der Waals surface area contributed by atoms with Crippen molar-refractivity contribution >= 4 is 39.9 Å². The van der Waals surface area contributed by atoms with Gasteiger partial charge in [0.05, 0.1) is 66.4 Å². The Morgan fingerprint density at radius 3 is 2.82 bits per heavy atom. The van der Waals surface area contributed by atoms with Crippen molar-refractivity contribution < 1.29 is 9.84 Å². The summed E-state index contributed by atoms with van der Waals surface area (Å²) in [5.41, 5.74) is 1.88. The zero-order valence-corrected chi connectivity index (χ0v) is 19.0. The molecular formula is C23H21Cl2N5O3. The number of aliphatic hydroxyl groups excluding tert-OH is 1. The number of ether oxygens (including phenoxy) is 1. The van der Waals surface area contributed by atoms with Crippen molar-refractivity contribution in [2.24, 2.45) is 5.92 Å². The van der Waals surface area contributed by atoms with E-state index < -0.39 is 0 Å². The van der Waals surface area contributed by atoms with Crippen molar-refractivity contribution in [1.82, 2.24) is 19.3 Å². The van der Waals surface area contributed by atoms with E-state index in [1.165, 1.54) is 10.8 Å². The minimum absolute atomic E-state index is 0.0195. The minimum Gasteiger partial charge on any atom is -0.396 e. The lowest BCUT2D eigenvalue weighted by molar-refractivity contribution is 0.161. The van der Waals surface area contributed by atoms with Crippen molar-refractivity contribution in [3.05, 3.63) is 81.0 Å². The number of benzene rings is 1. The van der Waals surface area contributed by atoms with Crippen molar-refractivity contribution in [2.45, 2.75) is 12.6 Å². The Hall–Kier alpha value is -2.91. The molecule has 2 N–H and O–H groups in total. The number of halogens is 2. The molecule has 1 fully saturated rings. The van der Waals surface area contributed by atoms with Crippen molar-refractivity contribution in [1.29, 1.82) is 0 Å². The van der Waals surface area contributed by atoms with Crippen LogP contribution in [-0.4, -0.2) is 50.3 Å². The maximum absolute atomic E-state index is 13.3. The molecule has 10 heteroatoms. The van der Waals surface area contributed by atoms with E-state index in [-0.39, 0.29) is 24.1 Å². The first-order valence-electron chi connectivity index (χ1n) is 10.5. The topological polar surface area (TPSA) is 94.2 Å². The van der Waals surface area contributed by atoms with Gasteiger partial charge in [0, 0.05) is 23.2 Å². The van der Waals surface area contributed by atoms with Crippen LogP contribution in [0, 0.1) is 5.92 Å². The second kappa shape index (κ2) is 9.15. The third kappa shape index (κ3) is 4.22. The molecule has 4 heterocycles. The predicted molar refractivity (Wildman–Crippen MR) is 127 cm³/mol. The van der Waals surface area contributed by atoms with Crippen LogP contribution in [0.1, 0.15) is 5.56 Å². The van der Waals surface area contributed by atoms with E-state index in [2.05, 4.69) is 15.4 Å². The van der Waals surface area contributed by atoms with Crippen LogP contribution in [0.5, 0.6) is 0 Å². The highest BCUT2D eigenvalue weighted by molar-refractivity contribution is 6.32. The fourth-order valence-corrected chi connectivity index (χ4v) is 4.39. The molecule has 0 saturated carbocycles. The third-order valence-corrected chi connectivity index (χ3v) is 6.51. The van der Waals surface area contributed by atoms with Gasteiger partial charge < -0.3 is 15.2 Å². The van der Waals surface area contributed by atoms with E-state index in [4.69, 9.17) is 27.9 Å². The van der Waals surface area contributed by atoms with Gasteiger partial charge in [0.1, 0.15) is 5.82 Å². The number of aromatic nitrogens is 4. The third-order valence-electron chi connectivity index (χ3n) is 5.85. The molecule has 8 nitrogen and oxygen atoms in total. The van der Waals surface area contributed by atoms with Gasteiger partial charge in [0.15, 0.2) is 0 Å². The van der Waals surface area contributed by atoms with E-state index in [1.807, 2.05) is 30.3 Å². The van der Waals surface area contributed by atoms with E-state index in [1.54, 1.807) is 23.1 Å². The first-order valence-corrected chi connectivity index (χ1v) is 11.2. The van der Waals surface area contributed by atoms with Crippen LogP contribution < -0.4 is 10.9 Å². The van der Waals surface area contributed by atoms with Gasteiger partial charge in [-0.1, -0.05) is 41.4 Å². The maximum atomic E-state index is 13.3. The molecule has 1 aliphatic heterocycles. The molecular weight excluding hydrogens is 465 g/mol. The van der Waals surface area contributed by atoms with Crippen LogP contribution in [-0.2, 0) is 11.3 Å². The largest absolute Gasteiger partial charge is 0.396 e. The molecule has 0 aliphatic carbocycles. The second-order valence-corrected chi connectivity index (χ2v) is 8.75. The summed E-state index contributed by atoms with van der Waals surface area (Å²) < 4.78 is 8.67. The molecule has 1 unspecified atom stereocenters. The molecule has 1 saturated heterocycles. The van der Waals surface area contributed by atoms with Gasteiger partial charge in [-0.3, -0.25) is 14.0 Å². The van der Waals surface area contributed by atoms with E-state index in [0.717, 1.165) is 5.56 Å². The molecule has 0 amide bonds. The Morgan fingerprint density at radius 2 is 2.00 bits per heavy atom. The normalized spacial score (nSPS) is 18.2. The molecule has 1 aliphatic rings. The molecule has 4 aromatic rings. The summed E-state index contributed by atoms with van der Waals surface area (Å²) in [7, 11) is 0. The lowest BCUT2D eigenvalue weighted by Crippen LogP contribution is -2.30. The number of nitrogens with zero attached hydrogens (tertiary/aromatic N) is 4. The Bertz CT molecular complexity index is 1370. The first-order chi connectivity index (χ1) is 16.0. The zero-order valence-electron chi connectivity index (χ0n) is 17.5. The fraction of sp³-hybridized carbons (Fsp3) is 0.261. The molecule has 0 radical (unpaired) electrons. The smallest absolute Gasteiger partial charge is 0.266 e. The Kier molecular flexibility index (Phi) is 6.07. The lowest BCUT2D eigenvalue weighted by atomic mass is 10.1. The SMILES string of the molecule is O=c1c2cnn(Cc3ccccc3Cl)c2ccn1-c1cc(NC2COC[C@@H]2CO)ncc1Cl. The van der Waals surface area contributed by atoms with Crippen molar-refractivity contribution in [2.75, 3.05) is 25.1 Å². The van der Waals surface area contributed by atoms with Crippen molar-refractivity contribution in [3.8, 4) is 5.69 Å². The molecule has 5 rings (SSSR count). The summed E-state index contributed by atoms with van der Waals surface area (Å²) in [6, 6.07) is 11.0. The monoisotopic (exact) mass is 485 g/mol. The molecule has 0 spiro atoms. The van der Waals surface area contributed by atoms with Gasteiger partial charge in [0.25, 0.3) is 5.56 Å². The fourth-order valence-electron chi connectivity index (χ4n) is 4.00. The first kappa shape index (κ1) is 21.9. The molecule has 33 heavy (non-hydrogen) atoms. The highest BCUT2D eigenvalue weighted by Gasteiger charge is 2.28. The average Bonchev–Trinajstić information content (AvgIpc) is 3.44. The van der Waals surface area contributed by atoms with E-state index >= 15 is 0 Å². The maximum Gasteiger partial charge on any atom is 0.266 e. The molecule has 1 aromatic carbocycles. The Labute approximate surface area is 199 Å². The van der Waals surface area contributed by atoms with Crippen LogP contribution in [0.15, 0.2) is 59.8 Å². The Balaban J connectivity index is 1.48. The minimum atomic E-state index is -0.241. The van der Waals surface area contributed by atoms with Gasteiger partial charge in [-0.05, 0) is 17.7 Å². The van der Waals surface area contributed by atoms with Crippen LogP contribution in [0.2, 0.25) is 10.0 Å². The molecule has 3 aromatic heterocycles. The lowest BCUT2D eigenvalue weighted by Gasteiger charge is -2.18. The van der Waals surface area contributed by atoms with Crippen LogP contribution >= 0.6 is 23.2 Å². The number of fused-ring (bicyclic) bond motifs is 1. The summed E-state index contributed by atoms with van der Waals surface area (Å²) in [6.45, 7) is 1.43. The van der Waals surface area contributed by atoms with E-state index in [9.17, 15) is 9.90 Å². The summed E-state index contributed by atoms with van der Waals surface area (Å²) in [5.74, 6) is 0.527. The van der Waals surface area contributed by atoms with Crippen LogP contribution in [0.3, 0.4) is 0 Å². The molecule has 0 bridgehead atoms. The summed E-state index contributed by atoms with van der Waals surface area (Å²) >= 11 is 12.7. The number of aliphatic hydroxyl groups is 1. The number of rotatable bonds is 6. The van der Waals surface area contributed by atoms with Gasteiger partial charge in [-0.2, -0.15) is 5.10 Å². The van der Waals surface area contributed by atoms with Crippen LogP contribution in [0.4, 0.5) is 5.82 Å². The molecule has 170 valence electrons. The number of hydrogen-bond donors (Lipinski definition) is 2. The summed E-state index contributed by atoms with van der Waals surface area (Å²) in [6.07, 6.45) is 4.73. The Morgan fingerprint density at radius 1 is 1.15 bits per heavy atom. The van der Waals surface area contributed by atoms with Gasteiger partial charge in [-0.15, -0.1) is 0 Å². The quantitative estimate of drug-likeness (QED) is 0.434. The van der Waals surface area contributed by atoms with Crippen molar-refractivity contribution in [3.63, 3.8) is 0 Å². The van der Waals surface area contributed by atoms with Crippen LogP contribution in [0.25, 0.3) is 16.6 Å². The molecule has 2 atom stereocenters. The number of anilines is 1. The number of hydrogen-bond acceptors (Lipinski definition) is 6. The standard InChI is InChI=1S/C23H21Cl2N5O3/c24-17-4-2-1-3-14(17)10-30-20-5-6-29(23(32)16(20)8-27-30)21-7-22(26-9-18(21)25)28-19-13-33-12-15(19)11-31/h1-9,15,19,31H,10-13H2,(H,26,28)/t15-,19?/m0/s1.